The lowest BCUT2D eigenvalue weighted by Gasteiger charge is -2.45. The van der Waals surface area contributed by atoms with Gasteiger partial charge in [-0.25, -0.2) is 4.98 Å². The third kappa shape index (κ3) is 4.24. The summed E-state index contributed by atoms with van der Waals surface area (Å²) in [6.45, 7) is 3.63. The predicted octanol–water partition coefficient (Wildman–Crippen LogP) is 2.48. The highest BCUT2D eigenvalue weighted by Crippen LogP contribution is 2.40. The summed E-state index contributed by atoms with van der Waals surface area (Å²) in [5.74, 6) is 0.844. The minimum absolute atomic E-state index is 0.101. The maximum absolute atomic E-state index is 12.9. The normalized spacial score (nSPS) is 20.3. The molecule has 1 atom stereocenters. The number of nitrogens with zero attached hydrogens (tertiary/aromatic N) is 4. The van der Waals surface area contributed by atoms with Gasteiger partial charge in [-0.3, -0.25) is 14.7 Å². The van der Waals surface area contributed by atoms with Crippen LogP contribution in [0, 0.1) is 0 Å². The molecule has 2 aliphatic heterocycles. The Hall–Kier alpha value is -3.03. The summed E-state index contributed by atoms with van der Waals surface area (Å²) < 4.78 is 8.59. The zero-order valence-electron chi connectivity index (χ0n) is 17.5. The number of likely N-dealkylation sites (tertiary alicyclic amines) is 1. The van der Waals surface area contributed by atoms with Crippen molar-refractivity contribution in [3.8, 4) is 0 Å². The molecule has 160 valence electrons. The van der Waals surface area contributed by atoms with Crippen LogP contribution in [0.15, 0.2) is 67.1 Å². The van der Waals surface area contributed by atoms with Crippen LogP contribution in [-0.2, 0) is 34.8 Å². The van der Waals surface area contributed by atoms with Gasteiger partial charge in [-0.15, -0.1) is 0 Å². The molecule has 0 bridgehead atoms. The first kappa shape index (κ1) is 19.9. The summed E-state index contributed by atoms with van der Waals surface area (Å²) in [4.78, 5) is 24.3. The van der Waals surface area contributed by atoms with Crippen molar-refractivity contribution in [3.05, 3.63) is 84.2 Å². The number of pyridine rings is 1. The van der Waals surface area contributed by atoms with Crippen molar-refractivity contribution < 1.29 is 9.53 Å². The summed E-state index contributed by atoms with van der Waals surface area (Å²) in [7, 11) is 0. The molecule has 0 saturated carbocycles. The molecule has 1 N–H and O–H groups in total. The molecule has 7 heteroatoms. The molecule has 2 aliphatic rings. The van der Waals surface area contributed by atoms with Crippen LogP contribution in [0.5, 0.6) is 0 Å². The molecule has 3 aromatic rings. The zero-order valence-corrected chi connectivity index (χ0v) is 17.5. The highest BCUT2D eigenvalue weighted by atomic mass is 16.5. The van der Waals surface area contributed by atoms with E-state index in [9.17, 15) is 4.79 Å². The van der Waals surface area contributed by atoms with E-state index in [1.54, 1.807) is 6.20 Å². The largest absolute Gasteiger partial charge is 0.352 e. The molecule has 1 fully saturated rings. The second-order valence-corrected chi connectivity index (χ2v) is 8.30. The summed E-state index contributed by atoms with van der Waals surface area (Å²) in [6, 6.07) is 16.2. The van der Waals surface area contributed by atoms with Gasteiger partial charge in [0.15, 0.2) is 6.10 Å². The molecule has 2 aromatic heterocycles. The van der Waals surface area contributed by atoms with Crippen molar-refractivity contribution in [2.24, 2.45) is 0 Å². The van der Waals surface area contributed by atoms with Gasteiger partial charge in [0.2, 0.25) is 0 Å². The molecule has 5 rings (SSSR count). The summed E-state index contributed by atoms with van der Waals surface area (Å²) in [6.07, 6.45) is 6.60. The van der Waals surface area contributed by atoms with Crippen molar-refractivity contribution in [1.29, 1.82) is 0 Å². The highest BCUT2D eigenvalue weighted by molar-refractivity contribution is 5.80. The average Bonchev–Trinajstić information content (AvgIpc) is 3.30. The van der Waals surface area contributed by atoms with E-state index in [0.717, 1.165) is 44.0 Å². The van der Waals surface area contributed by atoms with Gasteiger partial charge in [0.1, 0.15) is 11.4 Å². The zero-order chi connectivity index (χ0) is 21.1. The van der Waals surface area contributed by atoms with Gasteiger partial charge in [-0.1, -0.05) is 36.4 Å². The lowest BCUT2D eigenvalue weighted by molar-refractivity contribution is -0.174. The van der Waals surface area contributed by atoms with Crippen LogP contribution in [0.4, 0.5) is 0 Å². The van der Waals surface area contributed by atoms with Crippen molar-refractivity contribution >= 4 is 5.91 Å². The van der Waals surface area contributed by atoms with Gasteiger partial charge in [-0.2, -0.15) is 0 Å². The molecular weight excluding hydrogens is 390 g/mol. The first-order valence-corrected chi connectivity index (χ1v) is 10.9. The van der Waals surface area contributed by atoms with Crippen LogP contribution >= 0.6 is 0 Å². The number of amides is 1. The fourth-order valence-corrected chi connectivity index (χ4v) is 4.58. The number of aromatic nitrogens is 3. The van der Waals surface area contributed by atoms with E-state index >= 15 is 0 Å². The summed E-state index contributed by atoms with van der Waals surface area (Å²) >= 11 is 0. The predicted molar refractivity (Wildman–Crippen MR) is 116 cm³/mol. The number of piperidine rings is 1. The Kier molecular flexibility index (Phi) is 5.53. The molecule has 7 nitrogen and oxygen atoms in total. The third-order valence-corrected chi connectivity index (χ3v) is 6.23. The van der Waals surface area contributed by atoms with Crippen LogP contribution in [-0.4, -0.2) is 44.5 Å². The molecule has 31 heavy (non-hydrogen) atoms. The Morgan fingerprint density at radius 1 is 1.06 bits per heavy atom. The second-order valence-electron chi connectivity index (χ2n) is 8.30. The van der Waals surface area contributed by atoms with Gasteiger partial charge in [-0.05, 0) is 30.5 Å². The molecule has 1 amide bonds. The molecule has 0 aliphatic carbocycles. The van der Waals surface area contributed by atoms with Crippen molar-refractivity contribution in [2.75, 3.05) is 13.1 Å². The van der Waals surface area contributed by atoms with Gasteiger partial charge in [0, 0.05) is 38.2 Å². The van der Waals surface area contributed by atoms with Crippen LogP contribution < -0.4 is 5.32 Å². The van der Waals surface area contributed by atoms with Crippen molar-refractivity contribution in [1.82, 2.24) is 24.8 Å². The Bertz CT molecular complexity index is 1010. The third-order valence-electron chi connectivity index (χ3n) is 6.23. The number of hydrogen-bond acceptors (Lipinski definition) is 5. The van der Waals surface area contributed by atoms with E-state index < -0.39 is 11.7 Å². The number of ether oxygens (including phenoxy) is 1. The fourth-order valence-electron chi connectivity index (χ4n) is 4.58. The Morgan fingerprint density at radius 2 is 1.87 bits per heavy atom. The van der Waals surface area contributed by atoms with Gasteiger partial charge in [0.25, 0.3) is 5.91 Å². The van der Waals surface area contributed by atoms with E-state index in [1.807, 2.05) is 36.7 Å². The van der Waals surface area contributed by atoms with E-state index in [1.165, 1.54) is 5.56 Å². The number of rotatable bonds is 5. The SMILES string of the molecule is O=C(NCc1ccccn1)C1Cn2ccnc2C2(CCN(Cc3ccccc3)CC2)O1. The second kappa shape index (κ2) is 8.61. The quantitative estimate of drug-likeness (QED) is 0.691. The molecule has 1 aromatic carbocycles. The number of fused-ring (bicyclic) bond motifs is 2. The Balaban J connectivity index is 1.26. The summed E-state index contributed by atoms with van der Waals surface area (Å²) in [5, 5.41) is 2.98. The van der Waals surface area contributed by atoms with Crippen molar-refractivity contribution in [3.63, 3.8) is 0 Å². The number of imidazole rings is 1. The van der Waals surface area contributed by atoms with Crippen LogP contribution in [0.2, 0.25) is 0 Å². The maximum atomic E-state index is 12.9. The van der Waals surface area contributed by atoms with Gasteiger partial charge < -0.3 is 14.6 Å². The monoisotopic (exact) mass is 417 g/mol. The van der Waals surface area contributed by atoms with Gasteiger partial charge >= 0.3 is 0 Å². The lowest BCUT2D eigenvalue weighted by Crippen LogP contribution is -2.53. The van der Waals surface area contributed by atoms with Gasteiger partial charge in [0.05, 0.1) is 18.8 Å². The number of carbonyl (C=O) groups excluding carboxylic acids is 1. The lowest BCUT2D eigenvalue weighted by atomic mass is 9.88. The van der Waals surface area contributed by atoms with Crippen LogP contribution in [0.3, 0.4) is 0 Å². The fraction of sp³-hybridized carbons (Fsp3) is 0.375. The smallest absolute Gasteiger partial charge is 0.251 e. The number of carbonyl (C=O) groups is 1. The average molecular weight is 418 g/mol. The summed E-state index contributed by atoms with van der Waals surface area (Å²) in [5.41, 5.74) is 1.64. The maximum Gasteiger partial charge on any atom is 0.251 e. The van der Waals surface area contributed by atoms with Crippen molar-refractivity contribution in [2.45, 2.75) is 44.2 Å². The molecule has 0 radical (unpaired) electrons. The topological polar surface area (TPSA) is 72.3 Å². The molecule has 1 unspecified atom stereocenters. The number of nitrogens with one attached hydrogen (secondary N) is 1. The number of hydrogen-bond donors (Lipinski definition) is 1. The van der Waals surface area contributed by atoms with E-state index in [0.29, 0.717) is 13.1 Å². The van der Waals surface area contributed by atoms with Crippen LogP contribution in [0.1, 0.15) is 29.9 Å². The molecule has 1 spiro atoms. The van der Waals surface area contributed by atoms with E-state index in [4.69, 9.17) is 4.74 Å². The molecular formula is C24H27N5O2. The minimum atomic E-state index is -0.536. The minimum Gasteiger partial charge on any atom is -0.352 e. The standard InChI is InChI=1S/C24H27N5O2/c30-22(27-16-20-8-4-5-11-25-20)21-18-29-15-12-26-23(29)24(31-21)9-13-28(14-10-24)17-19-6-2-1-3-7-19/h1-8,11-12,15,21H,9-10,13-14,16-18H2,(H,27,30). The van der Waals surface area contributed by atoms with E-state index in [-0.39, 0.29) is 5.91 Å². The number of benzene rings is 1. The highest BCUT2D eigenvalue weighted by Gasteiger charge is 2.47. The molecule has 1 saturated heterocycles. The van der Waals surface area contributed by atoms with E-state index in [2.05, 4.69) is 49.0 Å². The molecule has 4 heterocycles. The Labute approximate surface area is 182 Å². The van der Waals surface area contributed by atoms with Crippen LogP contribution in [0.25, 0.3) is 0 Å². The first-order valence-electron chi connectivity index (χ1n) is 10.9. The first-order chi connectivity index (χ1) is 15.2. The Morgan fingerprint density at radius 3 is 2.65 bits per heavy atom.